The first-order valence-electron chi connectivity index (χ1n) is 7.00. The number of halogens is 1. The van der Waals surface area contributed by atoms with Gasteiger partial charge in [-0.25, -0.2) is 13.1 Å². The highest BCUT2D eigenvalue weighted by molar-refractivity contribution is 9.10. The van der Waals surface area contributed by atoms with Crippen molar-refractivity contribution in [2.45, 2.75) is 30.7 Å². The summed E-state index contributed by atoms with van der Waals surface area (Å²) in [6.45, 7) is 2.93. The number of carboxylic acids is 1. The summed E-state index contributed by atoms with van der Waals surface area (Å²) in [5.74, 6) is -0.858. The molecule has 1 saturated heterocycles. The molecular weight excluding hydrogens is 372 g/mol. The molecule has 0 radical (unpaired) electrons. The molecule has 0 unspecified atom stereocenters. The highest BCUT2D eigenvalue weighted by Crippen LogP contribution is 2.22. The molecule has 22 heavy (non-hydrogen) atoms. The van der Waals surface area contributed by atoms with Gasteiger partial charge in [0.1, 0.15) is 0 Å². The molecular formula is C14H19BrN2O4S. The molecule has 0 aromatic heterocycles. The first-order chi connectivity index (χ1) is 10.3. The van der Waals surface area contributed by atoms with E-state index in [1.54, 1.807) is 25.1 Å². The monoisotopic (exact) mass is 390 g/mol. The van der Waals surface area contributed by atoms with E-state index in [0.29, 0.717) is 31.5 Å². The topological polar surface area (TPSA) is 86.7 Å². The number of carboxylic acid groups (broad SMARTS) is 1. The number of nitrogens with one attached hydrogen (secondary N) is 1. The quantitative estimate of drug-likeness (QED) is 0.796. The Morgan fingerprint density at radius 3 is 2.64 bits per heavy atom. The second-order valence-corrected chi connectivity index (χ2v) is 8.07. The minimum Gasteiger partial charge on any atom is -0.480 e. The van der Waals surface area contributed by atoms with Crippen LogP contribution in [0, 0.1) is 6.92 Å². The van der Waals surface area contributed by atoms with Gasteiger partial charge in [-0.1, -0.05) is 22.0 Å². The van der Waals surface area contributed by atoms with E-state index in [-0.39, 0.29) is 17.5 Å². The number of aryl methyl sites for hydroxylation is 1. The van der Waals surface area contributed by atoms with E-state index in [9.17, 15) is 13.2 Å². The molecule has 1 heterocycles. The molecule has 0 atom stereocenters. The van der Waals surface area contributed by atoms with Gasteiger partial charge in [-0.15, -0.1) is 0 Å². The number of piperidine rings is 1. The zero-order valence-electron chi connectivity index (χ0n) is 12.3. The van der Waals surface area contributed by atoms with E-state index in [4.69, 9.17) is 5.11 Å². The highest BCUT2D eigenvalue weighted by Gasteiger charge is 2.26. The lowest BCUT2D eigenvalue weighted by atomic mass is 10.1. The van der Waals surface area contributed by atoms with Gasteiger partial charge in [0, 0.05) is 23.6 Å². The fraction of sp³-hybridized carbons (Fsp3) is 0.500. The highest BCUT2D eigenvalue weighted by atomic mass is 79.9. The predicted molar refractivity (Wildman–Crippen MR) is 86.3 cm³/mol. The van der Waals surface area contributed by atoms with Gasteiger partial charge in [-0.05, 0) is 37.5 Å². The van der Waals surface area contributed by atoms with Crippen LogP contribution in [-0.2, 0) is 14.8 Å². The zero-order valence-corrected chi connectivity index (χ0v) is 14.7. The summed E-state index contributed by atoms with van der Waals surface area (Å²) >= 11 is 3.29. The molecule has 6 nitrogen and oxygen atoms in total. The summed E-state index contributed by atoms with van der Waals surface area (Å²) in [6, 6.07) is 5.00. The summed E-state index contributed by atoms with van der Waals surface area (Å²) < 4.78 is 28.4. The van der Waals surface area contributed by atoms with Gasteiger partial charge >= 0.3 is 5.97 Å². The van der Waals surface area contributed by atoms with Gasteiger partial charge in [0.15, 0.2) is 0 Å². The molecule has 2 rings (SSSR count). The second-order valence-electron chi connectivity index (χ2n) is 5.48. The zero-order chi connectivity index (χ0) is 16.3. The van der Waals surface area contributed by atoms with Crippen molar-refractivity contribution in [3.8, 4) is 0 Å². The van der Waals surface area contributed by atoms with E-state index in [0.717, 1.165) is 4.47 Å². The van der Waals surface area contributed by atoms with Crippen LogP contribution in [0.1, 0.15) is 18.4 Å². The summed E-state index contributed by atoms with van der Waals surface area (Å²) in [5.41, 5.74) is 0.694. The van der Waals surface area contributed by atoms with Crippen molar-refractivity contribution in [2.75, 3.05) is 19.6 Å². The summed E-state index contributed by atoms with van der Waals surface area (Å²) in [7, 11) is -3.57. The van der Waals surface area contributed by atoms with Crippen LogP contribution in [0.2, 0.25) is 0 Å². The number of sulfonamides is 1. The van der Waals surface area contributed by atoms with Gasteiger partial charge in [-0.2, -0.15) is 0 Å². The van der Waals surface area contributed by atoms with E-state index in [1.165, 1.54) is 0 Å². The summed E-state index contributed by atoms with van der Waals surface area (Å²) in [4.78, 5) is 12.8. The molecule has 122 valence electrons. The largest absolute Gasteiger partial charge is 0.480 e. The van der Waals surface area contributed by atoms with Gasteiger partial charge in [-0.3, -0.25) is 9.69 Å². The molecule has 1 fully saturated rings. The Balaban J connectivity index is 2.02. The Kier molecular flexibility index (Phi) is 5.60. The van der Waals surface area contributed by atoms with Crippen molar-refractivity contribution in [3.05, 3.63) is 28.2 Å². The lowest BCUT2D eigenvalue weighted by Gasteiger charge is -2.31. The van der Waals surface area contributed by atoms with E-state index < -0.39 is 16.0 Å². The third-order valence-corrected chi connectivity index (χ3v) is 5.86. The lowest BCUT2D eigenvalue weighted by Crippen LogP contribution is -2.45. The Morgan fingerprint density at radius 2 is 2.05 bits per heavy atom. The van der Waals surface area contributed by atoms with Crippen molar-refractivity contribution in [3.63, 3.8) is 0 Å². The number of hydrogen-bond donors (Lipinski definition) is 2. The normalized spacial score (nSPS) is 17.5. The molecule has 0 saturated carbocycles. The number of likely N-dealkylation sites (tertiary alicyclic amines) is 1. The third-order valence-electron chi connectivity index (χ3n) is 3.71. The number of benzene rings is 1. The van der Waals surface area contributed by atoms with Crippen LogP contribution in [0.4, 0.5) is 0 Å². The molecule has 0 bridgehead atoms. The average molecular weight is 391 g/mol. The van der Waals surface area contributed by atoms with Crippen molar-refractivity contribution in [2.24, 2.45) is 0 Å². The SMILES string of the molecule is Cc1ccc(Br)cc1S(=O)(=O)NC1CCN(CC(=O)O)CC1. The predicted octanol–water partition coefficient (Wildman–Crippen LogP) is 1.58. The van der Waals surface area contributed by atoms with Gasteiger partial charge in [0.25, 0.3) is 0 Å². The number of rotatable bonds is 5. The Morgan fingerprint density at radius 1 is 1.41 bits per heavy atom. The Labute approximate surface area is 138 Å². The number of hydrogen-bond acceptors (Lipinski definition) is 4. The van der Waals surface area contributed by atoms with E-state index in [2.05, 4.69) is 20.7 Å². The van der Waals surface area contributed by atoms with Crippen LogP contribution >= 0.6 is 15.9 Å². The lowest BCUT2D eigenvalue weighted by molar-refractivity contribution is -0.138. The molecule has 1 aliphatic heterocycles. The van der Waals surface area contributed by atoms with Crippen molar-refractivity contribution in [1.82, 2.24) is 9.62 Å². The van der Waals surface area contributed by atoms with Crippen molar-refractivity contribution >= 4 is 31.9 Å². The van der Waals surface area contributed by atoms with Crippen LogP contribution in [0.15, 0.2) is 27.6 Å². The molecule has 1 aliphatic rings. The first-order valence-corrected chi connectivity index (χ1v) is 9.28. The van der Waals surface area contributed by atoms with E-state index in [1.807, 2.05) is 4.90 Å². The molecule has 8 heteroatoms. The number of carbonyl (C=O) groups is 1. The molecule has 1 aromatic rings. The Hall–Kier alpha value is -0.960. The molecule has 0 spiro atoms. The first kappa shape index (κ1) is 17.4. The maximum absolute atomic E-state index is 12.5. The molecule has 0 amide bonds. The van der Waals surface area contributed by atoms with E-state index >= 15 is 0 Å². The minimum absolute atomic E-state index is 0.00418. The number of nitrogens with zero attached hydrogens (tertiary/aromatic N) is 1. The maximum atomic E-state index is 12.5. The van der Waals surface area contributed by atoms with Gasteiger partial charge in [0.05, 0.1) is 11.4 Å². The molecule has 1 aromatic carbocycles. The summed E-state index contributed by atoms with van der Waals surface area (Å²) in [5, 5.41) is 8.77. The number of aliphatic carboxylic acids is 1. The van der Waals surface area contributed by atoms with Crippen LogP contribution in [-0.4, -0.2) is 50.1 Å². The summed E-state index contributed by atoms with van der Waals surface area (Å²) in [6.07, 6.45) is 1.22. The Bertz CT molecular complexity index is 655. The third kappa shape index (κ3) is 4.52. The van der Waals surface area contributed by atoms with Crippen molar-refractivity contribution in [1.29, 1.82) is 0 Å². The van der Waals surface area contributed by atoms with Crippen LogP contribution < -0.4 is 4.72 Å². The van der Waals surface area contributed by atoms with Crippen molar-refractivity contribution < 1.29 is 18.3 Å². The molecule has 2 N–H and O–H groups in total. The van der Waals surface area contributed by atoms with Crippen LogP contribution in [0.25, 0.3) is 0 Å². The van der Waals surface area contributed by atoms with Gasteiger partial charge in [0.2, 0.25) is 10.0 Å². The fourth-order valence-electron chi connectivity index (χ4n) is 2.55. The fourth-order valence-corrected chi connectivity index (χ4v) is 4.63. The van der Waals surface area contributed by atoms with Gasteiger partial charge < -0.3 is 5.11 Å². The average Bonchev–Trinajstić information content (AvgIpc) is 2.43. The molecule has 0 aliphatic carbocycles. The minimum atomic E-state index is -3.57. The smallest absolute Gasteiger partial charge is 0.317 e. The standard InChI is InChI=1S/C14H19BrN2O4S/c1-10-2-3-11(15)8-13(10)22(20,21)16-12-4-6-17(7-5-12)9-14(18)19/h2-3,8,12,16H,4-7,9H2,1H3,(H,18,19). The maximum Gasteiger partial charge on any atom is 0.317 e. The van der Waals surface area contributed by atoms with Crippen LogP contribution in [0.3, 0.4) is 0 Å². The van der Waals surface area contributed by atoms with Crippen LogP contribution in [0.5, 0.6) is 0 Å². The second kappa shape index (κ2) is 7.08.